The minimum absolute atomic E-state index is 0.256. The van der Waals surface area contributed by atoms with Crippen molar-refractivity contribution in [3.05, 3.63) is 23.8 Å². The van der Waals surface area contributed by atoms with Gasteiger partial charge in [0, 0.05) is 24.2 Å². The van der Waals surface area contributed by atoms with Crippen molar-refractivity contribution in [1.82, 2.24) is 0 Å². The molecule has 23 heavy (non-hydrogen) atoms. The second kappa shape index (κ2) is 5.99. The molecule has 4 nitrogen and oxygen atoms in total. The van der Waals surface area contributed by atoms with Crippen LogP contribution in [0.1, 0.15) is 47.0 Å². The third-order valence-corrected chi connectivity index (χ3v) is 6.31. The summed E-state index contributed by atoms with van der Waals surface area (Å²) in [5, 5.41) is 11.8. The first-order chi connectivity index (χ1) is 10.9. The first-order valence-corrected chi connectivity index (χ1v) is 8.90. The Hall–Kier alpha value is -0.680. The van der Waals surface area contributed by atoms with Crippen LogP contribution < -0.4 is 0 Å². The topological polar surface area (TPSA) is 47.9 Å². The molecule has 1 N–H and O–H groups in total. The molecule has 1 aliphatic heterocycles. The lowest BCUT2D eigenvalue weighted by atomic mass is 9.51. The molecule has 0 unspecified atom stereocenters. The summed E-state index contributed by atoms with van der Waals surface area (Å²) in [6, 6.07) is 0. The molecule has 0 aromatic heterocycles. The Morgan fingerprint density at radius 1 is 1.35 bits per heavy atom. The normalized spacial score (nSPS) is 46.3. The van der Waals surface area contributed by atoms with Gasteiger partial charge < -0.3 is 19.3 Å². The number of hydrogen-bond donors (Lipinski definition) is 1. The van der Waals surface area contributed by atoms with Gasteiger partial charge in [0.1, 0.15) is 5.60 Å². The van der Waals surface area contributed by atoms with E-state index >= 15 is 0 Å². The summed E-state index contributed by atoms with van der Waals surface area (Å²) >= 11 is 0. The molecule has 130 valence electrons. The maximum Gasteiger partial charge on any atom is 0.194 e. The van der Waals surface area contributed by atoms with Crippen molar-refractivity contribution in [2.75, 3.05) is 13.2 Å². The lowest BCUT2D eigenvalue weighted by Crippen LogP contribution is -2.61. The van der Waals surface area contributed by atoms with E-state index in [2.05, 4.69) is 26.5 Å². The average Bonchev–Trinajstić information content (AvgIpc) is 2.79. The van der Waals surface area contributed by atoms with E-state index in [0.29, 0.717) is 19.1 Å². The van der Waals surface area contributed by atoms with Crippen molar-refractivity contribution in [3.8, 4) is 0 Å². The molecule has 2 aliphatic carbocycles. The van der Waals surface area contributed by atoms with Gasteiger partial charge in [0.15, 0.2) is 12.6 Å². The van der Waals surface area contributed by atoms with Crippen LogP contribution in [0.4, 0.5) is 0 Å². The number of rotatable bonds is 4. The summed E-state index contributed by atoms with van der Waals surface area (Å²) in [6.07, 6.45) is 3.80. The van der Waals surface area contributed by atoms with E-state index in [-0.39, 0.29) is 11.3 Å². The number of aliphatic hydroxyl groups is 1. The summed E-state index contributed by atoms with van der Waals surface area (Å²) in [5.74, 6) is 0.758. The fraction of sp³-hybridized carbons (Fsp3) is 0.789. The van der Waals surface area contributed by atoms with Gasteiger partial charge in [-0.3, -0.25) is 0 Å². The number of hydrogen-bond acceptors (Lipinski definition) is 4. The number of fused-ring (bicyclic) bond motifs is 3. The zero-order valence-electron chi connectivity index (χ0n) is 14.8. The monoisotopic (exact) mass is 322 g/mol. The zero-order valence-corrected chi connectivity index (χ0v) is 14.8. The Kier molecular flexibility index (Phi) is 4.47. The highest BCUT2D eigenvalue weighted by atomic mass is 16.8. The third-order valence-electron chi connectivity index (χ3n) is 6.31. The Balaban J connectivity index is 2.05. The van der Waals surface area contributed by atoms with Crippen LogP contribution in [-0.4, -0.2) is 36.5 Å². The Morgan fingerprint density at radius 3 is 2.70 bits per heavy atom. The van der Waals surface area contributed by atoms with Gasteiger partial charge >= 0.3 is 0 Å². The lowest BCUT2D eigenvalue weighted by Gasteiger charge is -2.56. The fourth-order valence-electron chi connectivity index (χ4n) is 4.78. The molecule has 4 heteroatoms. The van der Waals surface area contributed by atoms with Crippen molar-refractivity contribution < 1.29 is 19.3 Å². The summed E-state index contributed by atoms with van der Waals surface area (Å²) in [6.45, 7) is 13.7. The molecule has 0 aromatic carbocycles. The molecule has 0 aromatic rings. The summed E-state index contributed by atoms with van der Waals surface area (Å²) < 4.78 is 17.5. The van der Waals surface area contributed by atoms with Crippen LogP contribution in [0.25, 0.3) is 0 Å². The molecular weight excluding hydrogens is 292 g/mol. The van der Waals surface area contributed by atoms with Crippen LogP contribution in [0, 0.1) is 17.3 Å². The Morgan fingerprint density at radius 2 is 2.04 bits per heavy atom. The van der Waals surface area contributed by atoms with Crippen LogP contribution in [0.5, 0.6) is 0 Å². The molecular formula is C19H30O4. The van der Waals surface area contributed by atoms with E-state index in [4.69, 9.17) is 14.2 Å². The van der Waals surface area contributed by atoms with Crippen LogP contribution in [-0.2, 0) is 14.2 Å². The van der Waals surface area contributed by atoms with E-state index in [1.54, 1.807) is 0 Å². The van der Waals surface area contributed by atoms with E-state index in [1.165, 1.54) is 5.57 Å². The van der Waals surface area contributed by atoms with E-state index in [1.807, 2.05) is 13.8 Å². The molecule has 6 atom stereocenters. The molecule has 0 radical (unpaired) electrons. The second-order valence-corrected chi connectivity index (χ2v) is 7.36. The maximum absolute atomic E-state index is 11.8. The molecule has 1 saturated heterocycles. The lowest BCUT2D eigenvalue weighted by molar-refractivity contribution is -0.259. The smallest absolute Gasteiger partial charge is 0.194 e. The highest BCUT2D eigenvalue weighted by Crippen LogP contribution is 2.62. The molecule has 3 rings (SSSR count). The number of allylic oxidation sites excluding steroid dienone is 2. The molecule has 0 spiro atoms. The Bertz CT molecular complexity index is 513. The SMILES string of the molecule is C=C1[C@@H](C)CC[C@@]2(C)[C@H]1CC=C1[C@H](OCC)O[C@@H](OCC)[C@@]12O. The van der Waals surface area contributed by atoms with E-state index in [0.717, 1.165) is 24.8 Å². The van der Waals surface area contributed by atoms with Crippen molar-refractivity contribution in [3.63, 3.8) is 0 Å². The minimum atomic E-state index is -1.14. The first-order valence-electron chi connectivity index (χ1n) is 8.90. The molecule has 1 saturated carbocycles. The van der Waals surface area contributed by atoms with Crippen LogP contribution in [0.15, 0.2) is 23.8 Å². The highest BCUT2D eigenvalue weighted by molar-refractivity contribution is 5.37. The molecule has 0 amide bonds. The van der Waals surface area contributed by atoms with Crippen LogP contribution in [0.3, 0.4) is 0 Å². The summed E-state index contributed by atoms with van der Waals surface area (Å²) in [7, 11) is 0. The van der Waals surface area contributed by atoms with Gasteiger partial charge in [0.2, 0.25) is 0 Å². The van der Waals surface area contributed by atoms with Crippen molar-refractivity contribution in [1.29, 1.82) is 0 Å². The van der Waals surface area contributed by atoms with Crippen molar-refractivity contribution >= 4 is 0 Å². The first kappa shape index (κ1) is 17.2. The van der Waals surface area contributed by atoms with Gasteiger partial charge in [-0.25, -0.2) is 0 Å². The van der Waals surface area contributed by atoms with Crippen LogP contribution >= 0.6 is 0 Å². The van der Waals surface area contributed by atoms with Gasteiger partial charge in [-0.1, -0.05) is 32.1 Å². The van der Waals surface area contributed by atoms with Crippen molar-refractivity contribution in [2.45, 2.75) is 65.1 Å². The van der Waals surface area contributed by atoms with Crippen molar-refractivity contribution in [2.24, 2.45) is 17.3 Å². The van der Waals surface area contributed by atoms with Gasteiger partial charge in [-0.05, 0) is 44.9 Å². The molecule has 3 aliphatic rings. The zero-order chi connectivity index (χ0) is 16.8. The minimum Gasteiger partial charge on any atom is -0.379 e. The molecule has 2 fully saturated rings. The predicted molar refractivity (Wildman–Crippen MR) is 88.7 cm³/mol. The summed E-state index contributed by atoms with van der Waals surface area (Å²) in [4.78, 5) is 0. The quantitative estimate of drug-likeness (QED) is 0.806. The largest absolute Gasteiger partial charge is 0.379 e. The fourth-order valence-corrected chi connectivity index (χ4v) is 4.78. The third kappa shape index (κ3) is 2.26. The van der Waals surface area contributed by atoms with Gasteiger partial charge in [-0.15, -0.1) is 0 Å². The summed E-state index contributed by atoms with van der Waals surface area (Å²) in [5.41, 5.74) is 0.623. The predicted octanol–water partition coefficient (Wildman–Crippen LogP) is 3.41. The van der Waals surface area contributed by atoms with Gasteiger partial charge in [0.05, 0.1) is 0 Å². The highest BCUT2D eigenvalue weighted by Gasteiger charge is 2.67. The Labute approximate surface area is 139 Å². The maximum atomic E-state index is 11.8. The van der Waals surface area contributed by atoms with Gasteiger partial charge in [-0.2, -0.15) is 0 Å². The number of ether oxygens (including phenoxy) is 3. The molecule has 1 heterocycles. The molecule has 0 bridgehead atoms. The average molecular weight is 322 g/mol. The van der Waals surface area contributed by atoms with Gasteiger partial charge in [0.25, 0.3) is 0 Å². The van der Waals surface area contributed by atoms with E-state index in [9.17, 15) is 5.11 Å². The van der Waals surface area contributed by atoms with E-state index < -0.39 is 18.2 Å². The second-order valence-electron chi connectivity index (χ2n) is 7.36. The standard InChI is InChI=1S/C19H30O4/c1-6-21-16-15-9-8-14-13(4)12(3)10-11-18(14,5)19(15,20)17(23-16)22-7-2/h9,12,14,16-17,20H,4,6-8,10-11H2,1-3,5H3/t12-,14-,16+,17+,18-,19-/m0/s1. The van der Waals surface area contributed by atoms with Crippen LogP contribution in [0.2, 0.25) is 0 Å².